The molecule has 1 N–H and O–H groups in total. The van der Waals surface area contributed by atoms with Gasteiger partial charge < -0.3 is 15.0 Å². The van der Waals surface area contributed by atoms with Crippen molar-refractivity contribution in [2.24, 2.45) is 7.05 Å². The third kappa shape index (κ3) is 3.62. The van der Waals surface area contributed by atoms with E-state index in [1.54, 1.807) is 11.3 Å². The maximum absolute atomic E-state index is 12.4. The molecule has 1 atom stereocenters. The number of ether oxygens (including phenoxy) is 1. The number of hydrogen-bond acceptors (Lipinski definition) is 4. The molecule has 2 aromatic rings. The van der Waals surface area contributed by atoms with Gasteiger partial charge in [-0.25, -0.2) is 4.79 Å². The topological polar surface area (TPSA) is 59.4 Å². The van der Waals surface area contributed by atoms with Crippen LogP contribution in [0.4, 0.5) is 4.79 Å². The van der Waals surface area contributed by atoms with Crippen LogP contribution in [0.15, 0.2) is 17.5 Å². The van der Waals surface area contributed by atoms with Gasteiger partial charge in [0.1, 0.15) is 6.10 Å². The number of hydrogen-bond donors (Lipinski definition) is 1. The van der Waals surface area contributed by atoms with E-state index in [1.807, 2.05) is 35.0 Å². The summed E-state index contributed by atoms with van der Waals surface area (Å²) in [4.78, 5) is 15.4. The fraction of sp³-hybridized carbons (Fsp3) is 0.529. The Morgan fingerprint density at radius 2 is 2.33 bits per heavy atom. The Labute approximate surface area is 146 Å². The van der Waals surface area contributed by atoms with Crippen LogP contribution in [0.2, 0.25) is 0 Å². The summed E-state index contributed by atoms with van der Waals surface area (Å²) in [5.41, 5.74) is 3.41. The van der Waals surface area contributed by atoms with E-state index in [2.05, 4.69) is 23.4 Å². The summed E-state index contributed by atoms with van der Waals surface area (Å²) in [6.45, 7) is 6.52. The number of nitrogens with one attached hydrogen (secondary N) is 1. The number of aryl methyl sites for hydroxylation is 2. The number of urea groups is 1. The molecule has 2 aromatic heterocycles. The van der Waals surface area contributed by atoms with Gasteiger partial charge in [-0.2, -0.15) is 5.10 Å². The van der Waals surface area contributed by atoms with Gasteiger partial charge in [0, 0.05) is 30.7 Å². The molecular weight excluding hydrogens is 324 g/mol. The second-order valence-electron chi connectivity index (χ2n) is 6.08. The number of carbonyl (C=O) groups is 1. The molecule has 3 rings (SSSR count). The fourth-order valence-electron chi connectivity index (χ4n) is 3.07. The molecule has 130 valence electrons. The molecule has 0 bridgehead atoms. The Bertz CT molecular complexity index is 696. The Morgan fingerprint density at radius 1 is 1.50 bits per heavy atom. The summed E-state index contributed by atoms with van der Waals surface area (Å²) in [5, 5.41) is 9.48. The standard InChI is InChI=1S/C17H24N4O2S/c1-12-14(13(2)20(3)19-12)6-7-18-17(22)21-8-9-23-15(11-21)16-5-4-10-24-16/h4-5,10,15H,6-9,11H2,1-3H3,(H,18,22)/t15-/m0/s1. The molecule has 0 radical (unpaired) electrons. The highest BCUT2D eigenvalue weighted by Gasteiger charge is 2.25. The third-order valence-corrected chi connectivity index (χ3v) is 5.49. The summed E-state index contributed by atoms with van der Waals surface area (Å²) in [6, 6.07) is 4.06. The van der Waals surface area contributed by atoms with E-state index in [0.717, 1.165) is 17.8 Å². The average Bonchev–Trinajstić information content (AvgIpc) is 3.19. The van der Waals surface area contributed by atoms with Crippen LogP contribution < -0.4 is 5.32 Å². The monoisotopic (exact) mass is 348 g/mol. The maximum atomic E-state index is 12.4. The van der Waals surface area contributed by atoms with Crippen LogP contribution in [-0.4, -0.2) is 47.0 Å². The highest BCUT2D eigenvalue weighted by Crippen LogP contribution is 2.26. The second-order valence-corrected chi connectivity index (χ2v) is 7.06. The molecule has 3 heterocycles. The Hall–Kier alpha value is -1.86. The normalized spacial score (nSPS) is 18.0. The van der Waals surface area contributed by atoms with Crippen molar-refractivity contribution < 1.29 is 9.53 Å². The van der Waals surface area contributed by atoms with Crippen LogP contribution in [0.25, 0.3) is 0 Å². The van der Waals surface area contributed by atoms with Crippen molar-refractivity contribution in [2.75, 3.05) is 26.2 Å². The van der Waals surface area contributed by atoms with Crippen molar-refractivity contribution in [3.63, 3.8) is 0 Å². The molecule has 0 spiro atoms. The molecule has 0 aliphatic carbocycles. The van der Waals surface area contributed by atoms with Gasteiger partial charge in [-0.05, 0) is 37.3 Å². The molecule has 0 aromatic carbocycles. The first-order chi connectivity index (χ1) is 11.6. The van der Waals surface area contributed by atoms with E-state index in [4.69, 9.17) is 4.74 Å². The summed E-state index contributed by atoms with van der Waals surface area (Å²) in [5.74, 6) is 0. The molecular formula is C17H24N4O2S. The lowest BCUT2D eigenvalue weighted by Crippen LogP contribution is -2.47. The zero-order chi connectivity index (χ0) is 17.1. The van der Waals surface area contributed by atoms with Crippen LogP contribution in [-0.2, 0) is 18.2 Å². The fourth-order valence-corrected chi connectivity index (χ4v) is 3.83. The van der Waals surface area contributed by atoms with Crippen molar-refractivity contribution in [1.82, 2.24) is 20.0 Å². The number of rotatable bonds is 4. The lowest BCUT2D eigenvalue weighted by molar-refractivity contribution is -0.0135. The van der Waals surface area contributed by atoms with Crippen molar-refractivity contribution >= 4 is 17.4 Å². The van der Waals surface area contributed by atoms with Gasteiger partial charge in [-0.1, -0.05) is 6.07 Å². The van der Waals surface area contributed by atoms with Gasteiger partial charge in [0.15, 0.2) is 0 Å². The molecule has 2 amide bonds. The molecule has 0 saturated carbocycles. The average molecular weight is 348 g/mol. The van der Waals surface area contributed by atoms with Gasteiger partial charge in [-0.15, -0.1) is 11.3 Å². The Morgan fingerprint density at radius 3 is 3.00 bits per heavy atom. The van der Waals surface area contributed by atoms with E-state index in [0.29, 0.717) is 26.2 Å². The first kappa shape index (κ1) is 17.0. The molecule has 24 heavy (non-hydrogen) atoms. The number of morpholine rings is 1. The van der Waals surface area contributed by atoms with Crippen molar-refractivity contribution in [3.8, 4) is 0 Å². The lowest BCUT2D eigenvalue weighted by atomic mass is 10.1. The molecule has 1 saturated heterocycles. The summed E-state index contributed by atoms with van der Waals surface area (Å²) in [6.07, 6.45) is 0.794. The number of amides is 2. The Kier molecular flexibility index (Phi) is 5.20. The summed E-state index contributed by atoms with van der Waals surface area (Å²) in [7, 11) is 1.95. The van der Waals surface area contributed by atoms with E-state index >= 15 is 0 Å². The van der Waals surface area contributed by atoms with Crippen LogP contribution in [0.3, 0.4) is 0 Å². The van der Waals surface area contributed by atoms with E-state index in [9.17, 15) is 4.79 Å². The third-order valence-electron chi connectivity index (χ3n) is 4.52. The van der Waals surface area contributed by atoms with Gasteiger partial charge in [0.05, 0.1) is 18.8 Å². The predicted octanol–water partition coefficient (Wildman–Crippen LogP) is 2.42. The number of nitrogens with zero attached hydrogens (tertiary/aromatic N) is 3. The first-order valence-corrected chi connectivity index (χ1v) is 9.11. The lowest BCUT2D eigenvalue weighted by Gasteiger charge is -2.32. The van der Waals surface area contributed by atoms with Gasteiger partial charge >= 0.3 is 6.03 Å². The molecule has 0 unspecified atom stereocenters. The van der Waals surface area contributed by atoms with Crippen molar-refractivity contribution in [3.05, 3.63) is 39.3 Å². The maximum Gasteiger partial charge on any atom is 0.317 e. The Balaban J connectivity index is 1.51. The smallest absolute Gasteiger partial charge is 0.317 e. The molecule has 1 aliphatic rings. The predicted molar refractivity (Wildman–Crippen MR) is 94.4 cm³/mol. The number of aromatic nitrogens is 2. The van der Waals surface area contributed by atoms with E-state index in [1.165, 1.54) is 10.4 Å². The van der Waals surface area contributed by atoms with Crippen molar-refractivity contribution in [1.29, 1.82) is 0 Å². The van der Waals surface area contributed by atoms with Crippen LogP contribution >= 0.6 is 11.3 Å². The highest BCUT2D eigenvalue weighted by atomic mass is 32.1. The largest absolute Gasteiger partial charge is 0.369 e. The van der Waals surface area contributed by atoms with Crippen molar-refractivity contribution in [2.45, 2.75) is 26.4 Å². The molecule has 7 heteroatoms. The minimum absolute atomic E-state index is 0.00712. The van der Waals surface area contributed by atoms with Crippen LogP contribution in [0.5, 0.6) is 0 Å². The zero-order valence-corrected chi connectivity index (χ0v) is 15.2. The zero-order valence-electron chi connectivity index (χ0n) is 14.4. The van der Waals surface area contributed by atoms with E-state index < -0.39 is 0 Å². The number of carbonyl (C=O) groups excluding carboxylic acids is 1. The van der Waals surface area contributed by atoms with Crippen LogP contribution in [0.1, 0.15) is 27.9 Å². The van der Waals surface area contributed by atoms with Gasteiger partial charge in [-0.3, -0.25) is 4.68 Å². The molecule has 6 nitrogen and oxygen atoms in total. The summed E-state index contributed by atoms with van der Waals surface area (Å²) >= 11 is 1.67. The minimum atomic E-state index is -0.0148. The second kappa shape index (κ2) is 7.36. The minimum Gasteiger partial charge on any atom is -0.369 e. The van der Waals surface area contributed by atoms with E-state index in [-0.39, 0.29) is 12.1 Å². The quantitative estimate of drug-likeness (QED) is 0.923. The molecule has 1 aliphatic heterocycles. The molecule has 1 fully saturated rings. The van der Waals surface area contributed by atoms with Crippen LogP contribution in [0, 0.1) is 13.8 Å². The number of thiophene rings is 1. The van der Waals surface area contributed by atoms with Gasteiger partial charge in [0.25, 0.3) is 0 Å². The van der Waals surface area contributed by atoms with Gasteiger partial charge in [0.2, 0.25) is 0 Å². The first-order valence-electron chi connectivity index (χ1n) is 8.23. The summed E-state index contributed by atoms with van der Waals surface area (Å²) < 4.78 is 7.68. The highest BCUT2D eigenvalue weighted by molar-refractivity contribution is 7.10. The SMILES string of the molecule is Cc1nn(C)c(C)c1CCNC(=O)N1CCO[C@H](c2cccs2)C1.